The molecule has 0 radical (unpaired) electrons. The molecule has 0 atom stereocenters. The minimum absolute atomic E-state index is 0.0337. The van der Waals surface area contributed by atoms with Gasteiger partial charge in [-0.3, -0.25) is 24.1 Å². The molecular formula is C13H11NO6S. The summed E-state index contributed by atoms with van der Waals surface area (Å²) in [5, 5.41) is 15.9. The van der Waals surface area contributed by atoms with E-state index in [0.717, 1.165) is 4.90 Å². The summed E-state index contributed by atoms with van der Waals surface area (Å²) in [5.74, 6) is -3.78. The van der Waals surface area contributed by atoms with Crippen LogP contribution >= 0.6 is 11.8 Å². The normalized spacial score (nSPS) is 13.7. The van der Waals surface area contributed by atoms with Gasteiger partial charge in [0.1, 0.15) is 0 Å². The van der Waals surface area contributed by atoms with Gasteiger partial charge in [0.15, 0.2) is 5.25 Å². The van der Waals surface area contributed by atoms with E-state index in [0.29, 0.717) is 22.9 Å². The maximum atomic E-state index is 12.0. The molecule has 0 aliphatic carbocycles. The average molecular weight is 309 g/mol. The molecule has 2 rings (SSSR count). The van der Waals surface area contributed by atoms with Crippen molar-refractivity contribution in [2.75, 3.05) is 12.3 Å². The summed E-state index contributed by atoms with van der Waals surface area (Å²) in [7, 11) is 0. The number of carboxylic acids is 2. The number of carbonyl (C=O) groups is 4. The van der Waals surface area contributed by atoms with Crippen LogP contribution in [0.2, 0.25) is 0 Å². The lowest BCUT2D eigenvalue weighted by molar-refractivity contribution is -0.146. The molecule has 1 aliphatic rings. The van der Waals surface area contributed by atoms with Crippen molar-refractivity contribution in [1.29, 1.82) is 0 Å². The third-order valence-electron chi connectivity index (χ3n) is 2.93. The smallest absolute Gasteiger partial charge is 0.328 e. The first-order valence-corrected chi connectivity index (χ1v) is 7.00. The van der Waals surface area contributed by atoms with Crippen LogP contribution in [0.25, 0.3) is 0 Å². The number of fused-ring (bicyclic) bond motifs is 1. The van der Waals surface area contributed by atoms with E-state index in [1.165, 1.54) is 0 Å². The number of aliphatic carboxylic acids is 2. The molecule has 0 aromatic heterocycles. The summed E-state index contributed by atoms with van der Waals surface area (Å²) in [6, 6.07) is 6.38. The molecule has 2 N–H and O–H groups in total. The molecule has 21 heavy (non-hydrogen) atoms. The molecule has 1 aromatic rings. The van der Waals surface area contributed by atoms with Crippen LogP contribution in [0.3, 0.4) is 0 Å². The van der Waals surface area contributed by atoms with Crippen molar-refractivity contribution >= 4 is 35.5 Å². The zero-order valence-electron chi connectivity index (χ0n) is 10.7. The Bertz CT molecular complexity index is 580. The summed E-state index contributed by atoms with van der Waals surface area (Å²) in [5.41, 5.74) is 0.612. The van der Waals surface area contributed by atoms with Crippen LogP contribution in [-0.2, 0) is 9.59 Å². The van der Waals surface area contributed by atoms with E-state index in [4.69, 9.17) is 10.2 Å². The first-order valence-electron chi connectivity index (χ1n) is 5.96. The van der Waals surface area contributed by atoms with Gasteiger partial charge in [0.05, 0.1) is 11.1 Å². The lowest BCUT2D eigenvalue weighted by Gasteiger charge is -2.14. The van der Waals surface area contributed by atoms with Gasteiger partial charge in [-0.25, -0.2) is 0 Å². The molecule has 0 unspecified atom stereocenters. The molecule has 0 spiro atoms. The van der Waals surface area contributed by atoms with Gasteiger partial charge in [0.25, 0.3) is 11.8 Å². The highest BCUT2D eigenvalue weighted by atomic mass is 32.2. The van der Waals surface area contributed by atoms with Crippen molar-refractivity contribution in [3.8, 4) is 0 Å². The molecule has 2 amide bonds. The summed E-state index contributed by atoms with van der Waals surface area (Å²) >= 11 is 0.662. The molecule has 8 heteroatoms. The quantitative estimate of drug-likeness (QED) is 0.583. The summed E-state index contributed by atoms with van der Waals surface area (Å²) in [6.45, 7) is -0.0337. The molecule has 0 bridgehead atoms. The van der Waals surface area contributed by atoms with E-state index in [2.05, 4.69) is 0 Å². The van der Waals surface area contributed by atoms with Gasteiger partial charge in [-0.15, -0.1) is 11.8 Å². The Morgan fingerprint density at radius 3 is 1.95 bits per heavy atom. The Kier molecular flexibility index (Phi) is 4.27. The third kappa shape index (κ3) is 2.89. The van der Waals surface area contributed by atoms with Gasteiger partial charge < -0.3 is 10.2 Å². The maximum absolute atomic E-state index is 12.0. The Hall–Kier alpha value is -2.35. The second-order valence-corrected chi connectivity index (χ2v) is 5.45. The number of hydrogen-bond donors (Lipinski definition) is 2. The second-order valence-electron chi connectivity index (χ2n) is 4.23. The molecule has 1 aliphatic heterocycles. The molecular weight excluding hydrogens is 298 g/mol. The van der Waals surface area contributed by atoms with Crippen molar-refractivity contribution in [2.45, 2.75) is 5.25 Å². The number of carbonyl (C=O) groups excluding carboxylic acids is 2. The van der Waals surface area contributed by atoms with E-state index in [-0.39, 0.29) is 12.3 Å². The number of nitrogens with zero attached hydrogens (tertiary/aromatic N) is 1. The Labute approximate surface area is 123 Å². The van der Waals surface area contributed by atoms with Crippen molar-refractivity contribution in [2.24, 2.45) is 0 Å². The number of rotatable bonds is 6. The number of amides is 2. The number of thioether (sulfide) groups is 1. The minimum atomic E-state index is -1.61. The molecule has 7 nitrogen and oxygen atoms in total. The van der Waals surface area contributed by atoms with Crippen molar-refractivity contribution in [3.63, 3.8) is 0 Å². The summed E-state index contributed by atoms with van der Waals surface area (Å²) in [4.78, 5) is 46.5. The fraction of sp³-hybridized carbons (Fsp3) is 0.231. The highest BCUT2D eigenvalue weighted by Crippen LogP contribution is 2.23. The van der Waals surface area contributed by atoms with Gasteiger partial charge in [-0.1, -0.05) is 12.1 Å². The van der Waals surface area contributed by atoms with Crippen LogP contribution in [0.1, 0.15) is 20.7 Å². The summed E-state index contributed by atoms with van der Waals surface area (Å²) in [6.07, 6.45) is 0. The van der Waals surface area contributed by atoms with Crippen LogP contribution in [0.15, 0.2) is 24.3 Å². The number of imide groups is 1. The van der Waals surface area contributed by atoms with Crippen LogP contribution in [0.4, 0.5) is 0 Å². The van der Waals surface area contributed by atoms with Gasteiger partial charge >= 0.3 is 11.9 Å². The fourth-order valence-corrected chi connectivity index (χ4v) is 2.76. The zero-order chi connectivity index (χ0) is 15.6. The van der Waals surface area contributed by atoms with Crippen molar-refractivity contribution < 1.29 is 29.4 Å². The van der Waals surface area contributed by atoms with Crippen LogP contribution in [0, 0.1) is 0 Å². The van der Waals surface area contributed by atoms with E-state index in [1.54, 1.807) is 24.3 Å². The monoisotopic (exact) mass is 309 g/mol. The SMILES string of the molecule is O=C(O)C(SCCN1C(=O)c2ccccc2C1=O)C(=O)O. The molecule has 0 fully saturated rings. The van der Waals surface area contributed by atoms with Gasteiger partial charge in [0, 0.05) is 12.3 Å². The Morgan fingerprint density at radius 2 is 1.52 bits per heavy atom. The van der Waals surface area contributed by atoms with Crippen molar-refractivity contribution in [1.82, 2.24) is 4.90 Å². The number of benzene rings is 1. The molecule has 0 saturated heterocycles. The van der Waals surface area contributed by atoms with Gasteiger partial charge in [-0.2, -0.15) is 0 Å². The maximum Gasteiger partial charge on any atom is 0.328 e. The van der Waals surface area contributed by atoms with E-state index in [9.17, 15) is 19.2 Å². The van der Waals surface area contributed by atoms with Crippen LogP contribution < -0.4 is 0 Å². The van der Waals surface area contributed by atoms with E-state index in [1.807, 2.05) is 0 Å². The predicted octanol–water partition coefficient (Wildman–Crippen LogP) is 0.554. The number of carboxylic acid groups (broad SMARTS) is 2. The summed E-state index contributed by atoms with van der Waals surface area (Å²) < 4.78 is 0. The minimum Gasteiger partial charge on any atom is -0.480 e. The zero-order valence-corrected chi connectivity index (χ0v) is 11.5. The lowest BCUT2D eigenvalue weighted by atomic mass is 10.1. The number of hydrogen-bond acceptors (Lipinski definition) is 5. The lowest BCUT2D eigenvalue weighted by Crippen LogP contribution is -2.33. The van der Waals surface area contributed by atoms with Gasteiger partial charge in [0.2, 0.25) is 0 Å². The first-order chi connectivity index (χ1) is 9.93. The molecule has 110 valence electrons. The molecule has 1 heterocycles. The fourth-order valence-electron chi connectivity index (χ4n) is 1.95. The van der Waals surface area contributed by atoms with Crippen LogP contribution in [-0.4, -0.2) is 56.4 Å². The molecule has 0 saturated carbocycles. The second kappa shape index (κ2) is 5.96. The van der Waals surface area contributed by atoms with Crippen LogP contribution in [0.5, 0.6) is 0 Å². The largest absolute Gasteiger partial charge is 0.480 e. The van der Waals surface area contributed by atoms with Crippen molar-refractivity contribution in [3.05, 3.63) is 35.4 Å². The topological polar surface area (TPSA) is 112 Å². The Morgan fingerprint density at radius 1 is 1.05 bits per heavy atom. The highest BCUT2D eigenvalue weighted by molar-refractivity contribution is 8.01. The Balaban J connectivity index is 2.00. The first kappa shape index (κ1) is 15.0. The van der Waals surface area contributed by atoms with Gasteiger partial charge in [-0.05, 0) is 12.1 Å². The predicted molar refractivity (Wildman–Crippen MR) is 73.3 cm³/mol. The highest BCUT2D eigenvalue weighted by Gasteiger charge is 2.35. The van der Waals surface area contributed by atoms with E-state index < -0.39 is 29.0 Å². The van der Waals surface area contributed by atoms with E-state index >= 15 is 0 Å². The average Bonchev–Trinajstić information content (AvgIpc) is 2.67. The third-order valence-corrected chi connectivity index (χ3v) is 4.08. The standard InChI is InChI=1S/C13H11NO6S/c15-10-7-3-1-2-4-8(7)11(16)14(10)5-6-21-9(12(17)18)13(19)20/h1-4,9H,5-6H2,(H,17,18)(H,19,20). The molecule has 1 aromatic carbocycles.